The summed E-state index contributed by atoms with van der Waals surface area (Å²) in [6, 6.07) is 15.6. The van der Waals surface area contributed by atoms with Gasteiger partial charge in [-0.05, 0) is 36.6 Å². The zero-order valence-corrected chi connectivity index (χ0v) is 24.1. The Bertz CT molecular complexity index is 1200. The van der Waals surface area contributed by atoms with Crippen molar-refractivity contribution in [2.45, 2.75) is 50.7 Å². The predicted molar refractivity (Wildman–Crippen MR) is 153 cm³/mol. The van der Waals surface area contributed by atoms with Crippen LogP contribution in [0.15, 0.2) is 54.6 Å². The van der Waals surface area contributed by atoms with Gasteiger partial charge in [0.25, 0.3) is 0 Å². The van der Waals surface area contributed by atoms with Crippen molar-refractivity contribution in [3.63, 3.8) is 0 Å². The van der Waals surface area contributed by atoms with Crippen molar-refractivity contribution in [3.05, 3.63) is 65.7 Å². The van der Waals surface area contributed by atoms with E-state index < -0.39 is 23.5 Å². The molecule has 1 N–H and O–H groups in total. The quantitative estimate of drug-likeness (QED) is 0.329. The summed E-state index contributed by atoms with van der Waals surface area (Å²) in [6.45, 7) is 6.60. The van der Waals surface area contributed by atoms with Gasteiger partial charge in [-0.15, -0.1) is 0 Å². The van der Waals surface area contributed by atoms with Crippen LogP contribution in [0.25, 0.3) is 0 Å². The number of epoxide rings is 1. The number of carbonyl (C=O) groups is 4. The molecular formula is C32H40N2O7. The SMILES string of the molecule is COc1ccc(CC(NC(=O)C(C)CC(=O)CN2CCOCC2)C(=O)CC(C(=O)C2(C)CO2)c2ccccc2)cc1. The Balaban J connectivity index is 1.48. The normalized spacial score (nSPS) is 20.9. The van der Waals surface area contributed by atoms with Crippen LogP contribution in [0.1, 0.15) is 43.7 Å². The standard InChI is InChI=1S/C32H40N2O7/c1-22(17-25(35)20-34-13-15-40-16-14-34)31(38)33-28(18-23-9-11-26(39-3)12-10-23)29(36)19-27(24-7-5-4-6-8-24)30(37)32(2)21-41-32/h4-12,22,27-28H,13-21H2,1-3H3,(H,33,38). The minimum Gasteiger partial charge on any atom is -0.497 e. The molecule has 2 fully saturated rings. The van der Waals surface area contributed by atoms with Crippen LogP contribution in [0.4, 0.5) is 0 Å². The first-order valence-electron chi connectivity index (χ1n) is 14.2. The number of ketones is 3. The molecule has 0 radical (unpaired) electrons. The number of nitrogens with one attached hydrogen (secondary N) is 1. The molecule has 41 heavy (non-hydrogen) atoms. The van der Waals surface area contributed by atoms with Gasteiger partial charge in [0.05, 0.1) is 45.4 Å². The number of hydrogen-bond acceptors (Lipinski definition) is 8. The van der Waals surface area contributed by atoms with Gasteiger partial charge in [0.15, 0.2) is 11.6 Å². The zero-order chi connectivity index (χ0) is 29.4. The molecule has 4 atom stereocenters. The van der Waals surface area contributed by atoms with Crippen molar-refractivity contribution < 1.29 is 33.4 Å². The van der Waals surface area contributed by atoms with Gasteiger partial charge in [-0.1, -0.05) is 49.4 Å². The number of nitrogens with zero attached hydrogens (tertiary/aromatic N) is 1. The Kier molecular flexibility index (Phi) is 10.4. The number of hydrogen-bond donors (Lipinski definition) is 1. The monoisotopic (exact) mass is 564 g/mol. The van der Waals surface area contributed by atoms with Crippen molar-refractivity contribution >= 4 is 23.3 Å². The fourth-order valence-electron chi connectivity index (χ4n) is 5.07. The van der Waals surface area contributed by atoms with E-state index in [2.05, 4.69) is 5.32 Å². The number of Topliss-reactive ketones (excluding diaryl/α,β-unsaturated/α-hetero) is 3. The van der Waals surface area contributed by atoms with Crippen LogP contribution in [-0.2, 0) is 35.1 Å². The van der Waals surface area contributed by atoms with Crippen molar-refractivity contribution in [1.82, 2.24) is 10.2 Å². The fourth-order valence-corrected chi connectivity index (χ4v) is 5.07. The topological polar surface area (TPSA) is 115 Å². The predicted octanol–water partition coefficient (Wildman–Crippen LogP) is 2.75. The van der Waals surface area contributed by atoms with Crippen molar-refractivity contribution in [2.75, 3.05) is 46.6 Å². The summed E-state index contributed by atoms with van der Waals surface area (Å²) in [7, 11) is 1.58. The molecule has 2 aromatic carbocycles. The van der Waals surface area contributed by atoms with Gasteiger partial charge in [-0.2, -0.15) is 0 Å². The maximum absolute atomic E-state index is 13.8. The Morgan fingerprint density at radius 3 is 2.27 bits per heavy atom. The number of ether oxygens (including phenoxy) is 3. The fraction of sp³-hybridized carbons (Fsp3) is 0.500. The third-order valence-corrected chi connectivity index (χ3v) is 7.81. The Labute approximate surface area is 241 Å². The molecule has 220 valence electrons. The van der Waals surface area contributed by atoms with Gasteiger partial charge >= 0.3 is 0 Å². The first kappa shape index (κ1) is 30.6. The number of carbonyl (C=O) groups excluding carboxylic acids is 4. The molecule has 0 aliphatic carbocycles. The molecule has 4 unspecified atom stereocenters. The van der Waals surface area contributed by atoms with Gasteiger partial charge in [0, 0.05) is 31.8 Å². The second-order valence-corrected chi connectivity index (χ2v) is 11.2. The third kappa shape index (κ3) is 8.55. The summed E-state index contributed by atoms with van der Waals surface area (Å²) in [5.41, 5.74) is 0.671. The van der Waals surface area contributed by atoms with Crippen LogP contribution >= 0.6 is 0 Å². The third-order valence-electron chi connectivity index (χ3n) is 7.81. The van der Waals surface area contributed by atoms with Crippen LogP contribution in [0.2, 0.25) is 0 Å². The number of rotatable bonds is 15. The van der Waals surface area contributed by atoms with Crippen molar-refractivity contribution in [1.29, 1.82) is 0 Å². The molecule has 0 spiro atoms. The van der Waals surface area contributed by atoms with E-state index in [1.54, 1.807) is 33.1 Å². The summed E-state index contributed by atoms with van der Waals surface area (Å²) in [5.74, 6) is -1.42. The molecule has 2 aliphatic heterocycles. The molecule has 2 aromatic rings. The minimum absolute atomic E-state index is 0.0278. The Morgan fingerprint density at radius 2 is 1.66 bits per heavy atom. The van der Waals surface area contributed by atoms with E-state index in [1.807, 2.05) is 47.4 Å². The van der Waals surface area contributed by atoms with Gasteiger partial charge in [-0.3, -0.25) is 24.1 Å². The number of benzene rings is 2. The van der Waals surface area contributed by atoms with Gasteiger partial charge < -0.3 is 19.5 Å². The van der Waals surface area contributed by atoms with Crippen molar-refractivity contribution in [2.24, 2.45) is 5.92 Å². The van der Waals surface area contributed by atoms with E-state index in [0.29, 0.717) is 38.7 Å². The summed E-state index contributed by atoms with van der Waals surface area (Å²) in [4.78, 5) is 55.2. The van der Waals surface area contributed by atoms with Crippen molar-refractivity contribution in [3.8, 4) is 5.75 Å². The summed E-state index contributed by atoms with van der Waals surface area (Å²) in [5, 5.41) is 2.90. The average Bonchev–Trinajstić information content (AvgIpc) is 3.74. The average molecular weight is 565 g/mol. The van der Waals surface area contributed by atoms with Crippen LogP contribution < -0.4 is 10.1 Å². The molecule has 4 rings (SSSR count). The summed E-state index contributed by atoms with van der Waals surface area (Å²) in [6.07, 6.45) is 0.243. The highest BCUT2D eigenvalue weighted by molar-refractivity contribution is 6.00. The van der Waals surface area contributed by atoms with E-state index in [0.717, 1.165) is 11.1 Å². The van der Waals surface area contributed by atoms with Gasteiger partial charge in [0.1, 0.15) is 17.1 Å². The summed E-state index contributed by atoms with van der Waals surface area (Å²) >= 11 is 0. The van der Waals surface area contributed by atoms with E-state index in [1.165, 1.54) is 0 Å². The van der Waals surface area contributed by atoms with E-state index in [-0.39, 0.29) is 49.1 Å². The first-order valence-corrected chi connectivity index (χ1v) is 14.2. The second-order valence-electron chi connectivity index (χ2n) is 11.2. The molecule has 0 saturated carbocycles. The van der Waals surface area contributed by atoms with Crippen LogP contribution in [0.5, 0.6) is 5.75 Å². The minimum atomic E-state index is -0.898. The van der Waals surface area contributed by atoms with E-state index in [9.17, 15) is 19.2 Å². The lowest BCUT2D eigenvalue weighted by Crippen LogP contribution is -2.46. The highest BCUT2D eigenvalue weighted by Gasteiger charge is 2.50. The summed E-state index contributed by atoms with van der Waals surface area (Å²) < 4.78 is 16.0. The molecule has 2 saturated heterocycles. The van der Waals surface area contributed by atoms with Crippen LogP contribution in [0, 0.1) is 5.92 Å². The molecule has 2 aliphatic rings. The van der Waals surface area contributed by atoms with E-state index >= 15 is 0 Å². The lowest BCUT2D eigenvalue weighted by molar-refractivity contribution is -0.133. The lowest BCUT2D eigenvalue weighted by atomic mass is 9.83. The highest BCUT2D eigenvalue weighted by Crippen LogP contribution is 2.36. The Morgan fingerprint density at radius 1 is 1.00 bits per heavy atom. The number of morpholine rings is 1. The Hall–Kier alpha value is -3.40. The highest BCUT2D eigenvalue weighted by atomic mass is 16.6. The number of methoxy groups -OCH3 is 1. The second kappa shape index (κ2) is 14.0. The maximum atomic E-state index is 13.8. The molecular weight excluding hydrogens is 524 g/mol. The molecule has 9 heteroatoms. The van der Waals surface area contributed by atoms with Crippen LogP contribution in [-0.4, -0.2) is 86.4 Å². The maximum Gasteiger partial charge on any atom is 0.223 e. The molecule has 2 heterocycles. The molecule has 1 amide bonds. The van der Waals surface area contributed by atoms with Crippen LogP contribution in [0.3, 0.4) is 0 Å². The van der Waals surface area contributed by atoms with Gasteiger partial charge in [0.2, 0.25) is 5.91 Å². The lowest BCUT2D eigenvalue weighted by Gasteiger charge is -2.26. The smallest absolute Gasteiger partial charge is 0.223 e. The molecule has 0 aromatic heterocycles. The molecule has 0 bridgehead atoms. The largest absolute Gasteiger partial charge is 0.497 e. The number of amides is 1. The van der Waals surface area contributed by atoms with E-state index in [4.69, 9.17) is 14.2 Å². The van der Waals surface area contributed by atoms with Gasteiger partial charge in [-0.25, -0.2) is 0 Å². The molecule has 9 nitrogen and oxygen atoms in total. The zero-order valence-electron chi connectivity index (χ0n) is 24.1. The first-order chi connectivity index (χ1) is 19.7.